The number of imide groups is 1. The molecule has 1 aromatic rings. The Morgan fingerprint density at radius 1 is 1.28 bits per heavy atom. The molecule has 2 saturated heterocycles. The van der Waals surface area contributed by atoms with Crippen LogP contribution in [0.4, 0.5) is 10.5 Å². The van der Waals surface area contributed by atoms with Crippen molar-refractivity contribution in [1.82, 2.24) is 10.2 Å². The highest BCUT2D eigenvalue weighted by atomic mass is 16.5. The van der Waals surface area contributed by atoms with E-state index in [-0.39, 0.29) is 30.9 Å². The number of hydrogen-bond donors (Lipinski definition) is 2. The normalized spacial score (nSPS) is 22.9. The molecule has 156 valence electrons. The fourth-order valence-corrected chi connectivity index (χ4v) is 4.26. The number of ether oxygens (including phenoxy) is 2. The van der Waals surface area contributed by atoms with E-state index in [0.717, 1.165) is 32.3 Å². The van der Waals surface area contributed by atoms with Crippen molar-refractivity contribution in [3.63, 3.8) is 0 Å². The third-order valence-electron chi connectivity index (χ3n) is 5.84. The van der Waals surface area contributed by atoms with Crippen molar-refractivity contribution in [2.45, 2.75) is 56.6 Å². The molecule has 4 rings (SSSR count). The van der Waals surface area contributed by atoms with Crippen LogP contribution < -0.4 is 15.4 Å². The third kappa shape index (κ3) is 4.37. The summed E-state index contributed by atoms with van der Waals surface area (Å²) in [6.07, 6.45) is 5.47. The van der Waals surface area contributed by atoms with Gasteiger partial charge in [-0.05, 0) is 37.8 Å². The van der Waals surface area contributed by atoms with E-state index in [1.54, 1.807) is 12.1 Å². The smallest absolute Gasteiger partial charge is 0.325 e. The lowest BCUT2D eigenvalue weighted by Crippen LogP contribution is -2.44. The Morgan fingerprint density at radius 3 is 2.86 bits per heavy atom. The Morgan fingerprint density at radius 2 is 2.10 bits per heavy atom. The quantitative estimate of drug-likeness (QED) is 0.684. The first-order chi connectivity index (χ1) is 14.1. The van der Waals surface area contributed by atoms with Crippen molar-refractivity contribution in [1.29, 1.82) is 0 Å². The summed E-state index contributed by atoms with van der Waals surface area (Å²) < 4.78 is 11.3. The van der Waals surface area contributed by atoms with Crippen LogP contribution in [0.2, 0.25) is 0 Å². The Balaban J connectivity index is 1.27. The van der Waals surface area contributed by atoms with Crippen LogP contribution >= 0.6 is 0 Å². The Hall–Kier alpha value is -2.61. The molecule has 1 unspecified atom stereocenters. The van der Waals surface area contributed by atoms with Crippen LogP contribution in [0.25, 0.3) is 0 Å². The number of rotatable bonds is 7. The number of carbonyl (C=O) groups excluding carboxylic acids is 3. The highest BCUT2D eigenvalue weighted by molar-refractivity contribution is 6.07. The molecule has 2 N–H and O–H groups in total. The Kier molecular flexibility index (Phi) is 5.71. The highest BCUT2D eigenvalue weighted by Crippen LogP contribution is 2.35. The lowest BCUT2D eigenvalue weighted by molar-refractivity contribution is -0.131. The molecule has 8 nitrogen and oxygen atoms in total. The molecule has 1 spiro atoms. The van der Waals surface area contributed by atoms with Crippen LogP contribution in [-0.2, 0) is 14.3 Å². The fraction of sp³-hybridized carbons (Fsp3) is 0.571. The monoisotopic (exact) mass is 401 g/mol. The van der Waals surface area contributed by atoms with Crippen molar-refractivity contribution < 1.29 is 23.9 Å². The molecule has 3 aliphatic rings. The summed E-state index contributed by atoms with van der Waals surface area (Å²) >= 11 is 0. The molecule has 1 aromatic carbocycles. The number of amides is 4. The molecule has 29 heavy (non-hydrogen) atoms. The second-order valence-electron chi connectivity index (χ2n) is 7.95. The molecule has 1 atom stereocenters. The van der Waals surface area contributed by atoms with Crippen LogP contribution in [-0.4, -0.2) is 54.1 Å². The predicted octanol–water partition coefficient (Wildman–Crippen LogP) is 2.44. The van der Waals surface area contributed by atoms with Crippen molar-refractivity contribution >= 4 is 23.5 Å². The molecule has 1 aliphatic carbocycles. The number of nitrogens with zero attached hydrogens (tertiary/aromatic N) is 1. The molecule has 4 amide bonds. The van der Waals surface area contributed by atoms with Crippen molar-refractivity contribution in [3.8, 4) is 5.75 Å². The number of hydrogen-bond acceptors (Lipinski definition) is 5. The maximum absolute atomic E-state index is 12.6. The second-order valence-corrected chi connectivity index (χ2v) is 7.95. The first kappa shape index (κ1) is 19.7. The van der Waals surface area contributed by atoms with Gasteiger partial charge in [-0.3, -0.25) is 14.5 Å². The fourth-order valence-electron chi connectivity index (χ4n) is 4.26. The molecule has 8 heteroatoms. The first-order valence-electron chi connectivity index (χ1n) is 10.3. The first-order valence-corrected chi connectivity index (χ1v) is 10.3. The number of benzene rings is 1. The molecule has 0 bridgehead atoms. The summed E-state index contributed by atoms with van der Waals surface area (Å²) in [4.78, 5) is 38.3. The largest absolute Gasteiger partial charge is 0.491 e. The van der Waals surface area contributed by atoms with Gasteiger partial charge in [0.25, 0.3) is 5.91 Å². The SMILES string of the molecule is O=C(CCN1C(=O)NC2(CCCC2)C1=O)Nc1cccc(OCC2CCCO2)c1. The second kappa shape index (κ2) is 8.41. The van der Waals surface area contributed by atoms with Gasteiger partial charge in [0.05, 0.1) is 6.10 Å². The molecule has 0 radical (unpaired) electrons. The van der Waals surface area contributed by atoms with E-state index in [2.05, 4.69) is 10.6 Å². The van der Waals surface area contributed by atoms with E-state index in [9.17, 15) is 14.4 Å². The third-order valence-corrected chi connectivity index (χ3v) is 5.84. The predicted molar refractivity (Wildman–Crippen MR) is 106 cm³/mol. The molecular formula is C21H27N3O5. The van der Waals surface area contributed by atoms with E-state index in [0.29, 0.717) is 30.9 Å². The van der Waals surface area contributed by atoms with Gasteiger partial charge >= 0.3 is 6.03 Å². The Labute approximate surface area is 169 Å². The van der Waals surface area contributed by atoms with Gasteiger partial charge in [-0.25, -0.2) is 4.79 Å². The van der Waals surface area contributed by atoms with Gasteiger partial charge in [0.1, 0.15) is 17.9 Å². The van der Waals surface area contributed by atoms with Crippen LogP contribution in [0.3, 0.4) is 0 Å². The van der Waals surface area contributed by atoms with E-state index < -0.39 is 11.6 Å². The summed E-state index contributed by atoms with van der Waals surface area (Å²) in [7, 11) is 0. The summed E-state index contributed by atoms with van der Waals surface area (Å²) in [6, 6.07) is 6.78. The lowest BCUT2D eigenvalue weighted by Gasteiger charge is -2.19. The Bertz CT molecular complexity index is 784. The van der Waals surface area contributed by atoms with Crippen LogP contribution in [0, 0.1) is 0 Å². The van der Waals surface area contributed by atoms with E-state index in [4.69, 9.17) is 9.47 Å². The molecule has 2 heterocycles. The number of carbonyl (C=O) groups is 3. The molecule has 0 aromatic heterocycles. The molecule has 2 aliphatic heterocycles. The van der Waals surface area contributed by atoms with Gasteiger partial charge in [-0.2, -0.15) is 0 Å². The van der Waals surface area contributed by atoms with Gasteiger partial charge in [-0.1, -0.05) is 18.9 Å². The van der Waals surface area contributed by atoms with Gasteiger partial charge < -0.3 is 20.1 Å². The van der Waals surface area contributed by atoms with E-state index >= 15 is 0 Å². The van der Waals surface area contributed by atoms with E-state index in [1.807, 2.05) is 12.1 Å². The maximum Gasteiger partial charge on any atom is 0.325 e. The van der Waals surface area contributed by atoms with Crippen molar-refractivity contribution in [3.05, 3.63) is 24.3 Å². The van der Waals surface area contributed by atoms with Crippen molar-refractivity contribution in [2.24, 2.45) is 0 Å². The number of nitrogens with one attached hydrogen (secondary N) is 2. The van der Waals surface area contributed by atoms with Crippen LogP contribution in [0.5, 0.6) is 5.75 Å². The maximum atomic E-state index is 12.6. The molecular weight excluding hydrogens is 374 g/mol. The van der Waals surface area contributed by atoms with Gasteiger partial charge in [0.15, 0.2) is 0 Å². The minimum atomic E-state index is -0.734. The van der Waals surface area contributed by atoms with E-state index in [1.165, 1.54) is 4.90 Å². The minimum absolute atomic E-state index is 0.0518. The molecule has 1 saturated carbocycles. The zero-order chi connectivity index (χ0) is 20.3. The summed E-state index contributed by atoms with van der Waals surface area (Å²) in [5, 5.41) is 5.63. The standard InChI is InChI=1S/C21H27N3O5/c25-18(8-11-24-19(26)21(23-20(24)27)9-1-2-10-21)22-15-5-3-6-16(13-15)29-14-17-7-4-12-28-17/h3,5-6,13,17H,1-2,4,7-12,14H2,(H,22,25)(H,23,27). The summed E-state index contributed by atoms with van der Waals surface area (Å²) in [5.41, 5.74) is -0.119. The number of anilines is 1. The average molecular weight is 401 g/mol. The zero-order valence-electron chi connectivity index (χ0n) is 16.4. The van der Waals surface area contributed by atoms with Gasteiger partial charge in [0.2, 0.25) is 5.91 Å². The van der Waals surface area contributed by atoms with Crippen molar-refractivity contribution in [2.75, 3.05) is 25.1 Å². The topological polar surface area (TPSA) is 97.0 Å². The van der Waals surface area contributed by atoms with Gasteiger partial charge in [-0.15, -0.1) is 0 Å². The highest BCUT2D eigenvalue weighted by Gasteiger charge is 2.52. The van der Waals surface area contributed by atoms with Crippen LogP contribution in [0.15, 0.2) is 24.3 Å². The lowest BCUT2D eigenvalue weighted by atomic mass is 9.98. The summed E-state index contributed by atoms with van der Waals surface area (Å²) in [5.74, 6) is 0.210. The average Bonchev–Trinajstić information content (AvgIpc) is 3.43. The zero-order valence-corrected chi connectivity index (χ0v) is 16.4. The minimum Gasteiger partial charge on any atom is -0.491 e. The van der Waals surface area contributed by atoms with Gasteiger partial charge in [0, 0.05) is 31.3 Å². The summed E-state index contributed by atoms with van der Waals surface area (Å²) in [6.45, 7) is 1.35. The van der Waals surface area contributed by atoms with Crippen LogP contribution in [0.1, 0.15) is 44.9 Å². The molecule has 3 fully saturated rings. The number of urea groups is 1.